The minimum atomic E-state index is -0.653. The first-order chi connectivity index (χ1) is 20.0. The molecule has 0 bridgehead atoms. The largest absolute Gasteiger partial charge is 0.449 e. The summed E-state index contributed by atoms with van der Waals surface area (Å²) < 4.78 is 6.17. The van der Waals surface area contributed by atoms with Gasteiger partial charge in [0, 0.05) is 35.3 Å². The number of Topliss-reactive ketones (excluding diaryl/α,β-unsaturated/α-hetero) is 1. The third-order valence-electron chi connectivity index (χ3n) is 14.1. The van der Waals surface area contributed by atoms with E-state index in [-0.39, 0.29) is 62.8 Å². The number of ether oxygens (including phenoxy) is 1. The maximum absolute atomic E-state index is 14.7. The Balaban J connectivity index is 1.40. The van der Waals surface area contributed by atoms with E-state index in [1.807, 2.05) is 30.9 Å². The minimum Gasteiger partial charge on any atom is -0.449 e. The summed E-state index contributed by atoms with van der Waals surface area (Å²) in [5.74, 6) is 0.210. The molecule has 234 valence electrons. The Bertz CT molecular complexity index is 1340. The number of allylic oxidation sites excluding steroid dienone is 4. The van der Waals surface area contributed by atoms with Gasteiger partial charge in [0.05, 0.1) is 13.2 Å². The highest BCUT2D eigenvalue weighted by Gasteiger charge is 2.69. The SMILES string of the molecule is [C-]#[N+]C1=C[C@]2(C)C3=CC(=O)[C@@H]4[C@@H]5CC(C)(C)CC[C@]5(COC(=O)N5CCCCC5)CC[C@@]4(C)[C@]3(C)CC[C@H]2C(C)(C)C1=O. The van der Waals surface area contributed by atoms with Gasteiger partial charge in [-0.15, -0.1) is 0 Å². The molecule has 1 heterocycles. The van der Waals surface area contributed by atoms with Crippen molar-refractivity contribution in [3.8, 4) is 0 Å². The van der Waals surface area contributed by atoms with Crippen molar-refractivity contribution in [2.45, 2.75) is 113 Å². The molecule has 0 aromatic rings. The molecule has 0 aromatic carbocycles. The number of ketones is 2. The van der Waals surface area contributed by atoms with Crippen molar-refractivity contribution in [1.29, 1.82) is 0 Å². The van der Waals surface area contributed by atoms with Gasteiger partial charge in [-0.3, -0.25) is 4.79 Å². The van der Waals surface area contributed by atoms with E-state index in [0.717, 1.165) is 76.5 Å². The molecule has 6 rings (SSSR count). The summed E-state index contributed by atoms with van der Waals surface area (Å²) in [4.78, 5) is 46.7. The molecule has 3 saturated carbocycles. The summed E-state index contributed by atoms with van der Waals surface area (Å²) >= 11 is 0. The number of likely N-dealkylation sites (tertiary alicyclic amines) is 1. The van der Waals surface area contributed by atoms with E-state index in [2.05, 4.69) is 39.5 Å². The van der Waals surface area contributed by atoms with E-state index in [4.69, 9.17) is 11.3 Å². The Hall–Kier alpha value is -2.42. The molecular formula is C37H52N2O4. The maximum atomic E-state index is 14.7. The summed E-state index contributed by atoms with van der Waals surface area (Å²) in [6, 6.07) is 0. The third kappa shape index (κ3) is 4.26. The van der Waals surface area contributed by atoms with Gasteiger partial charge in [0.15, 0.2) is 11.6 Å². The first-order valence-electron chi connectivity index (χ1n) is 16.9. The van der Waals surface area contributed by atoms with E-state index in [1.54, 1.807) is 0 Å². The summed E-state index contributed by atoms with van der Waals surface area (Å²) in [5, 5.41) is 0. The minimum absolute atomic E-state index is 0.0516. The number of nitrogens with zero attached hydrogens (tertiary/aromatic N) is 2. The predicted octanol–water partition coefficient (Wildman–Crippen LogP) is 8.18. The Morgan fingerprint density at radius 3 is 2.33 bits per heavy atom. The van der Waals surface area contributed by atoms with Crippen LogP contribution in [0, 0.1) is 56.8 Å². The molecule has 0 spiro atoms. The highest BCUT2D eigenvalue weighted by Crippen LogP contribution is 2.74. The van der Waals surface area contributed by atoms with Crippen LogP contribution in [0.1, 0.15) is 113 Å². The molecule has 0 aromatic heterocycles. The van der Waals surface area contributed by atoms with Gasteiger partial charge in [-0.1, -0.05) is 60.1 Å². The smallest absolute Gasteiger partial charge is 0.409 e. The van der Waals surface area contributed by atoms with Crippen molar-refractivity contribution in [2.75, 3.05) is 19.7 Å². The van der Waals surface area contributed by atoms with Gasteiger partial charge in [0.2, 0.25) is 5.70 Å². The van der Waals surface area contributed by atoms with Crippen LogP contribution < -0.4 is 0 Å². The van der Waals surface area contributed by atoms with Crippen molar-refractivity contribution < 1.29 is 19.1 Å². The number of fused-ring (bicyclic) bond motifs is 7. The van der Waals surface area contributed by atoms with Gasteiger partial charge < -0.3 is 14.4 Å². The number of amides is 1. The predicted molar refractivity (Wildman–Crippen MR) is 167 cm³/mol. The van der Waals surface area contributed by atoms with Crippen molar-refractivity contribution in [3.05, 3.63) is 34.8 Å². The first kappa shape index (κ1) is 30.6. The monoisotopic (exact) mass is 588 g/mol. The fraction of sp³-hybridized carbons (Fsp3) is 0.784. The van der Waals surface area contributed by atoms with Gasteiger partial charge in [-0.2, -0.15) is 0 Å². The molecule has 4 fully saturated rings. The lowest BCUT2D eigenvalue weighted by molar-refractivity contribution is -0.178. The van der Waals surface area contributed by atoms with E-state index in [9.17, 15) is 14.4 Å². The molecule has 6 heteroatoms. The molecule has 6 aliphatic rings. The lowest BCUT2D eigenvalue weighted by Crippen LogP contribution is -2.65. The topological polar surface area (TPSA) is 68.0 Å². The molecule has 0 N–H and O–H groups in total. The van der Waals surface area contributed by atoms with Crippen LogP contribution >= 0.6 is 0 Å². The normalized spacial score (nSPS) is 43.1. The summed E-state index contributed by atoms with van der Waals surface area (Å²) in [5.41, 5.74) is -0.341. The van der Waals surface area contributed by atoms with Gasteiger partial charge in [-0.25, -0.2) is 9.64 Å². The molecule has 0 unspecified atom stereocenters. The number of hydrogen-bond acceptors (Lipinski definition) is 4. The average molecular weight is 589 g/mol. The van der Waals surface area contributed by atoms with Crippen molar-refractivity contribution in [2.24, 2.45) is 50.2 Å². The molecule has 43 heavy (non-hydrogen) atoms. The van der Waals surface area contributed by atoms with Crippen molar-refractivity contribution >= 4 is 17.7 Å². The van der Waals surface area contributed by atoms with Crippen LogP contribution in [0.2, 0.25) is 0 Å². The number of hydrogen-bond donors (Lipinski definition) is 0. The van der Waals surface area contributed by atoms with Gasteiger partial charge in [-0.05, 0) is 98.4 Å². The van der Waals surface area contributed by atoms with Crippen LogP contribution in [-0.2, 0) is 14.3 Å². The Labute approximate surface area is 258 Å². The Morgan fingerprint density at radius 2 is 1.65 bits per heavy atom. The molecule has 1 amide bonds. The van der Waals surface area contributed by atoms with E-state index < -0.39 is 10.8 Å². The van der Waals surface area contributed by atoms with Gasteiger partial charge in [0.25, 0.3) is 0 Å². The fourth-order valence-corrected chi connectivity index (χ4v) is 11.3. The molecule has 7 atom stereocenters. The van der Waals surface area contributed by atoms with E-state index >= 15 is 0 Å². The zero-order valence-corrected chi connectivity index (χ0v) is 27.6. The molecule has 6 nitrogen and oxygen atoms in total. The van der Waals surface area contributed by atoms with Crippen LogP contribution in [0.3, 0.4) is 0 Å². The van der Waals surface area contributed by atoms with Crippen LogP contribution in [0.5, 0.6) is 0 Å². The molecule has 1 aliphatic heterocycles. The second kappa shape index (κ2) is 9.79. The first-order valence-corrected chi connectivity index (χ1v) is 16.9. The number of piperidine rings is 1. The number of carbonyl (C=O) groups is 3. The molecule has 1 saturated heterocycles. The highest BCUT2D eigenvalue weighted by atomic mass is 16.6. The van der Waals surface area contributed by atoms with Gasteiger partial charge >= 0.3 is 6.09 Å². The van der Waals surface area contributed by atoms with Crippen molar-refractivity contribution in [1.82, 2.24) is 4.90 Å². The second-order valence-corrected chi connectivity index (χ2v) is 17.2. The van der Waals surface area contributed by atoms with Crippen molar-refractivity contribution in [3.63, 3.8) is 0 Å². The lowest BCUT2D eigenvalue weighted by atomic mass is 9.34. The standard InChI is InChI=1S/C37H52N2O4/c1-32(2)14-16-37(23-43-31(42)39-18-10-9-11-19-39)17-15-36(7)29(24(37)21-32)26(40)20-28-34(5)22-25(38-8)30(41)33(3,4)27(34)12-13-35(28,36)6/h20,22,24,27,29H,9-19,21,23H2,1-7H3/t24-,27-,29-,34-,35+,36+,37+/m0/s1. The zero-order chi connectivity index (χ0) is 31.2. The van der Waals surface area contributed by atoms with Crippen LogP contribution in [-0.4, -0.2) is 42.3 Å². The van der Waals surface area contributed by atoms with E-state index in [1.165, 1.54) is 6.42 Å². The summed E-state index contributed by atoms with van der Waals surface area (Å²) in [6.07, 6.45) is 13.7. The second-order valence-electron chi connectivity index (χ2n) is 17.2. The van der Waals surface area contributed by atoms with Crippen LogP contribution in [0.4, 0.5) is 4.79 Å². The molecular weight excluding hydrogens is 536 g/mol. The number of carbonyl (C=O) groups excluding carboxylic acids is 3. The number of rotatable bonds is 2. The zero-order valence-electron chi connectivity index (χ0n) is 27.6. The van der Waals surface area contributed by atoms with Gasteiger partial charge in [0.1, 0.15) is 0 Å². The van der Waals surface area contributed by atoms with E-state index in [0.29, 0.717) is 6.61 Å². The third-order valence-corrected chi connectivity index (χ3v) is 14.1. The lowest BCUT2D eigenvalue weighted by Gasteiger charge is -2.69. The average Bonchev–Trinajstić information content (AvgIpc) is 2.95. The molecule has 0 radical (unpaired) electrons. The van der Waals surface area contributed by atoms with Crippen LogP contribution in [0.25, 0.3) is 4.85 Å². The molecule has 5 aliphatic carbocycles. The van der Waals surface area contributed by atoms with Crippen LogP contribution in [0.15, 0.2) is 23.4 Å². The Kier molecular flexibility index (Phi) is 6.97. The highest BCUT2D eigenvalue weighted by molar-refractivity contribution is 6.03. The fourth-order valence-electron chi connectivity index (χ4n) is 11.3. The quantitative estimate of drug-likeness (QED) is 0.305. The Morgan fingerprint density at radius 1 is 0.977 bits per heavy atom. The summed E-state index contributed by atoms with van der Waals surface area (Å²) in [6.45, 7) is 25.4. The summed E-state index contributed by atoms with van der Waals surface area (Å²) in [7, 11) is 0. The maximum Gasteiger partial charge on any atom is 0.409 e.